The molecule has 0 N–H and O–H groups in total. The molecule has 0 aliphatic carbocycles. The molecule has 2 aliphatic rings. The number of rotatable bonds is 3. The van der Waals surface area contributed by atoms with E-state index in [0.29, 0.717) is 24.2 Å². The minimum Gasteiger partial charge on any atom is -0.466 e. The lowest BCUT2D eigenvalue weighted by atomic mass is 10.00. The van der Waals surface area contributed by atoms with Crippen LogP contribution in [-0.4, -0.2) is 57.6 Å². The van der Waals surface area contributed by atoms with E-state index >= 15 is 0 Å². The van der Waals surface area contributed by atoms with Crippen molar-refractivity contribution in [2.45, 2.75) is 32.8 Å². The van der Waals surface area contributed by atoms with Gasteiger partial charge in [0.1, 0.15) is 5.60 Å². The predicted molar refractivity (Wildman–Crippen MR) is 133 cm³/mol. The maximum atomic E-state index is 13.0. The Labute approximate surface area is 200 Å². The molecule has 180 valence electrons. The number of fused-ring (bicyclic) bond motifs is 1. The molecule has 2 heterocycles. The summed E-state index contributed by atoms with van der Waals surface area (Å²) in [5.41, 5.74) is 4.62. The summed E-state index contributed by atoms with van der Waals surface area (Å²) >= 11 is 0. The van der Waals surface area contributed by atoms with Crippen molar-refractivity contribution >= 4 is 29.5 Å². The second-order valence-electron chi connectivity index (χ2n) is 9.46. The summed E-state index contributed by atoms with van der Waals surface area (Å²) in [6, 6.07) is 14.4. The number of ether oxygens (including phenoxy) is 3. The SMILES string of the molecule is COC(=O)C1=Cc2cc(-c3ccc(N4CCOCC4)cc3)ccc2N(C(=O)OC(C)(C)C)CC1. The standard InChI is InChI=1S/C27H32N2O5/c1-27(2,3)34-26(31)29-12-11-21(25(30)32-4)18-22-17-20(7-10-24(22)29)19-5-8-23(9-6-19)28-13-15-33-16-14-28/h5-10,17-18H,11-16H2,1-4H3. The van der Waals surface area contributed by atoms with Gasteiger partial charge in [0.15, 0.2) is 0 Å². The molecule has 0 unspecified atom stereocenters. The van der Waals surface area contributed by atoms with Crippen LogP contribution < -0.4 is 9.80 Å². The number of nitrogens with zero attached hydrogens (tertiary/aromatic N) is 2. The maximum absolute atomic E-state index is 13.0. The first-order valence-electron chi connectivity index (χ1n) is 11.6. The third-order valence-electron chi connectivity index (χ3n) is 5.89. The molecule has 0 saturated carbocycles. The van der Waals surface area contributed by atoms with E-state index in [1.165, 1.54) is 12.8 Å². The molecule has 2 aromatic carbocycles. The summed E-state index contributed by atoms with van der Waals surface area (Å²) in [5, 5.41) is 0. The Balaban J connectivity index is 1.67. The fourth-order valence-corrected chi connectivity index (χ4v) is 4.19. The third kappa shape index (κ3) is 5.42. The van der Waals surface area contributed by atoms with Crippen LogP contribution in [0.3, 0.4) is 0 Å². The molecule has 7 heteroatoms. The highest BCUT2D eigenvalue weighted by Gasteiger charge is 2.28. The van der Waals surface area contributed by atoms with Crippen LogP contribution in [0.1, 0.15) is 32.8 Å². The molecule has 1 saturated heterocycles. The number of amides is 1. The van der Waals surface area contributed by atoms with Crippen molar-refractivity contribution in [3.05, 3.63) is 53.6 Å². The van der Waals surface area contributed by atoms with E-state index < -0.39 is 17.7 Å². The van der Waals surface area contributed by atoms with Gasteiger partial charge in [-0.15, -0.1) is 0 Å². The van der Waals surface area contributed by atoms with Crippen LogP contribution >= 0.6 is 0 Å². The van der Waals surface area contributed by atoms with Gasteiger partial charge in [-0.05, 0) is 74.2 Å². The zero-order valence-electron chi connectivity index (χ0n) is 20.3. The number of carbonyl (C=O) groups excluding carboxylic acids is 2. The molecule has 4 rings (SSSR count). The van der Waals surface area contributed by atoms with Crippen molar-refractivity contribution in [2.24, 2.45) is 0 Å². The van der Waals surface area contributed by atoms with Crippen molar-refractivity contribution in [1.29, 1.82) is 0 Å². The predicted octanol–water partition coefficient (Wildman–Crippen LogP) is 4.89. The highest BCUT2D eigenvalue weighted by molar-refractivity contribution is 5.99. The highest BCUT2D eigenvalue weighted by Crippen LogP contribution is 2.34. The first-order valence-corrected chi connectivity index (χ1v) is 11.6. The van der Waals surface area contributed by atoms with Crippen molar-refractivity contribution < 1.29 is 23.8 Å². The minimum atomic E-state index is -0.621. The normalized spacial score (nSPS) is 16.3. The topological polar surface area (TPSA) is 68.3 Å². The second-order valence-corrected chi connectivity index (χ2v) is 9.46. The summed E-state index contributed by atoms with van der Waals surface area (Å²) in [5.74, 6) is -0.391. The van der Waals surface area contributed by atoms with E-state index in [9.17, 15) is 9.59 Å². The molecule has 1 fully saturated rings. The number of carbonyl (C=O) groups is 2. The van der Waals surface area contributed by atoms with Crippen LogP contribution in [0.15, 0.2) is 48.0 Å². The number of benzene rings is 2. The van der Waals surface area contributed by atoms with Crippen LogP contribution in [-0.2, 0) is 19.0 Å². The highest BCUT2D eigenvalue weighted by atomic mass is 16.6. The minimum absolute atomic E-state index is 0.330. The monoisotopic (exact) mass is 464 g/mol. The number of hydrogen-bond donors (Lipinski definition) is 0. The molecular formula is C27H32N2O5. The van der Waals surface area contributed by atoms with E-state index in [2.05, 4.69) is 29.2 Å². The Morgan fingerprint density at radius 1 is 0.941 bits per heavy atom. The van der Waals surface area contributed by atoms with Gasteiger partial charge in [0.05, 0.1) is 26.0 Å². The fraction of sp³-hybridized carbons (Fsp3) is 0.407. The summed E-state index contributed by atoms with van der Waals surface area (Å²) in [6.45, 7) is 9.11. The number of hydrogen-bond acceptors (Lipinski definition) is 6. The van der Waals surface area contributed by atoms with Crippen LogP contribution in [0.25, 0.3) is 17.2 Å². The largest absolute Gasteiger partial charge is 0.466 e. The summed E-state index contributed by atoms with van der Waals surface area (Å²) in [6.07, 6.45) is 1.76. The average molecular weight is 465 g/mol. The van der Waals surface area contributed by atoms with Gasteiger partial charge >= 0.3 is 12.1 Å². The Morgan fingerprint density at radius 3 is 2.26 bits per heavy atom. The zero-order chi connectivity index (χ0) is 24.3. The van der Waals surface area contributed by atoms with Gasteiger partial charge in [0, 0.05) is 30.9 Å². The lowest BCUT2D eigenvalue weighted by Gasteiger charge is -2.29. The number of methoxy groups -OCH3 is 1. The van der Waals surface area contributed by atoms with Crippen LogP contribution in [0.4, 0.5) is 16.2 Å². The molecule has 7 nitrogen and oxygen atoms in total. The molecule has 1 amide bonds. The van der Waals surface area contributed by atoms with E-state index in [1.807, 2.05) is 45.0 Å². The Bertz CT molecular complexity index is 1080. The van der Waals surface area contributed by atoms with Gasteiger partial charge in [0.2, 0.25) is 0 Å². The Kier molecular flexibility index (Phi) is 6.93. The quantitative estimate of drug-likeness (QED) is 0.603. The number of esters is 1. The molecule has 2 aliphatic heterocycles. The summed E-state index contributed by atoms with van der Waals surface area (Å²) in [7, 11) is 1.37. The molecule has 34 heavy (non-hydrogen) atoms. The van der Waals surface area contributed by atoms with E-state index in [1.54, 1.807) is 4.90 Å². The first-order chi connectivity index (χ1) is 16.2. The van der Waals surface area contributed by atoms with Gasteiger partial charge in [-0.1, -0.05) is 18.2 Å². The van der Waals surface area contributed by atoms with Crippen LogP contribution in [0.2, 0.25) is 0 Å². The van der Waals surface area contributed by atoms with Crippen molar-refractivity contribution in [2.75, 3.05) is 49.8 Å². The average Bonchev–Trinajstić information content (AvgIpc) is 3.02. The molecule has 0 bridgehead atoms. The van der Waals surface area contributed by atoms with Gasteiger partial charge in [-0.25, -0.2) is 9.59 Å². The number of morpholine rings is 1. The van der Waals surface area contributed by atoms with Crippen LogP contribution in [0.5, 0.6) is 0 Å². The fourth-order valence-electron chi connectivity index (χ4n) is 4.19. The van der Waals surface area contributed by atoms with Gasteiger partial charge in [0.25, 0.3) is 0 Å². The van der Waals surface area contributed by atoms with E-state index in [4.69, 9.17) is 14.2 Å². The number of anilines is 2. The molecule has 0 radical (unpaired) electrons. The Morgan fingerprint density at radius 2 is 1.62 bits per heavy atom. The molecular weight excluding hydrogens is 432 g/mol. The third-order valence-corrected chi connectivity index (χ3v) is 5.89. The van der Waals surface area contributed by atoms with Crippen molar-refractivity contribution in [3.63, 3.8) is 0 Å². The maximum Gasteiger partial charge on any atom is 0.414 e. The van der Waals surface area contributed by atoms with E-state index in [-0.39, 0.29) is 0 Å². The van der Waals surface area contributed by atoms with Crippen molar-refractivity contribution in [1.82, 2.24) is 0 Å². The lowest BCUT2D eigenvalue weighted by molar-refractivity contribution is -0.136. The molecule has 0 spiro atoms. The lowest BCUT2D eigenvalue weighted by Crippen LogP contribution is -2.37. The van der Waals surface area contributed by atoms with Gasteiger partial charge in [-0.3, -0.25) is 4.90 Å². The first kappa shape index (κ1) is 23.8. The van der Waals surface area contributed by atoms with Gasteiger partial charge in [-0.2, -0.15) is 0 Å². The van der Waals surface area contributed by atoms with Crippen LogP contribution in [0, 0.1) is 0 Å². The molecule has 2 aromatic rings. The van der Waals surface area contributed by atoms with E-state index in [0.717, 1.165) is 43.0 Å². The van der Waals surface area contributed by atoms with Crippen molar-refractivity contribution in [3.8, 4) is 11.1 Å². The zero-order valence-corrected chi connectivity index (χ0v) is 20.3. The smallest absolute Gasteiger partial charge is 0.414 e. The second kappa shape index (κ2) is 9.89. The molecule has 0 aromatic heterocycles. The molecule has 0 atom stereocenters. The summed E-state index contributed by atoms with van der Waals surface area (Å²) < 4.78 is 16.0. The van der Waals surface area contributed by atoms with Gasteiger partial charge < -0.3 is 19.1 Å². The Hall–Kier alpha value is -3.32. The summed E-state index contributed by atoms with van der Waals surface area (Å²) in [4.78, 5) is 29.2.